The molecule has 1 rings (SSSR count). The molecule has 0 bridgehead atoms. The van der Waals surface area contributed by atoms with E-state index in [-0.39, 0.29) is 24.3 Å². The summed E-state index contributed by atoms with van der Waals surface area (Å²) in [4.78, 5) is 21.1. The van der Waals surface area contributed by atoms with E-state index in [4.69, 9.17) is 5.21 Å². The minimum atomic E-state index is -0.736. The maximum Gasteiger partial charge on any atom is 0.319 e. The number of ether oxygens (including phenoxy) is 1. The van der Waals surface area contributed by atoms with Gasteiger partial charge in [0.1, 0.15) is 5.82 Å². The fourth-order valence-corrected chi connectivity index (χ4v) is 1.17. The molecule has 0 spiro atoms. The first-order chi connectivity index (χ1) is 7.54. The number of halogens is 1. The van der Waals surface area contributed by atoms with Gasteiger partial charge < -0.3 is 4.74 Å². The highest BCUT2D eigenvalue weighted by Gasteiger charge is 2.16. The topological polar surface area (TPSA) is 66.6 Å². The van der Waals surface area contributed by atoms with E-state index in [2.05, 4.69) is 4.74 Å². The molecule has 1 N–H and O–H groups in total. The molecule has 0 unspecified atom stereocenters. The number of nitrogens with zero attached hydrogens (tertiary/aromatic N) is 1. The van der Waals surface area contributed by atoms with Gasteiger partial charge in [0.15, 0.2) is 0 Å². The van der Waals surface area contributed by atoms with E-state index in [1.165, 1.54) is 12.1 Å². The van der Waals surface area contributed by atoms with Crippen molar-refractivity contribution in [2.75, 3.05) is 6.61 Å². The molecule has 0 aliphatic carbocycles. The third-order valence-corrected chi connectivity index (χ3v) is 1.90. The van der Waals surface area contributed by atoms with E-state index < -0.39 is 16.7 Å². The van der Waals surface area contributed by atoms with E-state index in [1.807, 2.05) is 0 Å². The summed E-state index contributed by atoms with van der Waals surface area (Å²) in [6, 6.07) is 3.31. The van der Waals surface area contributed by atoms with Gasteiger partial charge in [0.05, 0.1) is 24.0 Å². The van der Waals surface area contributed by atoms with Crippen LogP contribution in [0.25, 0.3) is 0 Å². The zero-order valence-corrected chi connectivity index (χ0v) is 8.64. The van der Waals surface area contributed by atoms with Crippen molar-refractivity contribution in [3.8, 4) is 0 Å². The second-order valence-electron chi connectivity index (χ2n) is 3.03. The molecular formula is C10H11FNO4+. The summed E-state index contributed by atoms with van der Waals surface area (Å²) >= 11 is 0. The van der Waals surface area contributed by atoms with E-state index in [9.17, 15) is 14.1 Å². The van der Waals surface area contributed by atoms with Crippen LogP contribution in [0.3, 0.4) is 0 Å². The van der Waals surface area contributed by atoms with Gasteiger partial charge in [0, 0.05) is 6.07 Å². The first-order valence-corrected chi connectivity index (χ1v) is 4.64. The summed E-state index contributed by atoms with van der Waals surface area (Å²) in [5.74, 6) is -1.28. The van der Waals surface area contributed by atoms with Gasteiger partial charge in [-0.1, -0.05) is 0 Å². The van der Waals surface area contributed by atoms with Crippen molar-refractivity contribution in [1.29, 1.82) is 0 Å². The molecule has 0 heterocycles. The van der Waals surface area contributed by atoms with E-state index in [1.54, 1.807) is 6.92 Å². The maximum atomic E-state index is 13.3. The Bertz CT molecular complexity index is 419. The molecular weight excluding hydrogens is 217 g/mol. The van der Waals surface area contributed by atoms with Crippen LogP contribution in [0.15, 0.2) is 18.2 Å². The van der Waals surface area contributed by atoms with Crippen molar-refractivity contribution < 1.29 is 24.1 Å². The Morgan fingerprint density at radius 1 is 1.56 bits per heavy atom. The molecule has 0 atom stereocenters. The lowest BCUT2D eigenvalue weighted by Crippen LogP contribution is -2.09. The monoisotopic (exact) mass is 228 g/mol. The molecule has 6 heteroatoms. The lowest BCUT2D eigenvalue weighted by Gasteiger charge is -2.02. The van der Waals surface area contributed by atoms with Crippen molar-refractivity contribution in [1.82, 2.24) is 0 Å². The number of hydrogen-bond donors (Lipinski definition) is 1. The SMILES string of the molecule is CCOC(=O)Cc1ccc([N+](=O)O)cc1F. The van der Waals surface area contributed by atoms with Gasteiger partial charge in [0.25, 0.3) is 4.92 Å². The largest absolute Gasteiger partial charge is 0.466 e. The number of benzene rings is 1. The fraction of sp³-hybridized carbons (Fsp3) is 0.300. The molecule has 0 amide bonds. The minimum Gasteiger partial charge on any atom is -0.466 e. The number of esters is 1. The molecule has 86 valence electrons. The highest BCUT2D eigenvalue weighted by atomic mass is 19.1. The molecule has 0 aromatic heterocycles. The molecule has 0 saturated carbocycles. The van der Waals surface area contributed by atoms with Crippen LogP contribution >= 0.6 is 0 Å². The zero-order valence-electron chi connectivity index (χ0n) is 8.64. The van der Waals surface area contributed by atoms with Crippen molar-refractivity contribution in [3.63, 3.8) is 0 Å². The van der Waals surface area contributed by atoms with Gasteiger partial charge in [-0.05, 0) is 18.6 Å². The van der Waals surface area contributed by atoms with Crippen LogP contribution in [0.4, 0.5) is 10.1 Å². The Kier molecular flexibility index (Phi) is 3.93. The summed E-state index contributed by atoms with van der Waals surface area (Å²) < 4.78 is 18.0. The van der Waals surface area contributed by atoms with Crippen molar-refractivity contribution in [2.45, 2.75) is 13.3 Å². The van der Waals surface area contributed by atoms with Crippen molar-refractivity contribution >= 4 is 11.7 Å². The smallest absolute Gasteiger partial charge is 0.319 e. The van der Waals surface area contributed by atoms with Crippen LogP contribution < -0.4 is 0 Å². The van der Waals surface area contributed by atoms with Crippen LogP contribution in [-0.2, 0) is 16.0 Å². The Hall–Kier alpha value is -1.98. The highest BCUT2D eigenvalue weighted by molar-refractivity contribution is 5.72. The first kappa shape index (κ1) is 12.1. The van der Waals surface area contributed by atoms with Gasteiger partial charge in [-0.25, -0.2) is 9.60 Å². The van der Waals surface area contributed by atoms with Crippen LogP contribution in [0.2, 0.25) is 0 Å². The third kappa shape index (κ3) is 3.01. The molecule has 0 aliphatic heterocycles. The average Bonchev–Trinajstić information content (AvgIpc) is 2.21. The van der Waals surface area contributed by atoms with Crippen molar-refractivity contribution in [3.05, 3.63) is 34.5 Å². The average molecular weight is 228 g/mol. The number of carbonyl (C=O) groups is 1. The molecule has 0 aliphatic rings. The van der Waals surface area contributed by atoms with Gasteiger partial charge >= 0.3 is 11.7 Å². The molecule has 16 heavy (non-hydrogen) atoms. The van der Waals surface area contributed by atoms with Gasteiger partial charge in [-0.2, -0.15) is 0 Å². The molecule has 1 aromatic rings. The molecule has 0 fully saturated rings. The third-order valence-electron chi connectivity index (χ3n) is 1.90. The number of hydrogen-bond acceptors (Lipinski definition) is 3. The van der Waals surface area contributed by atoms with Crippen LogP contribution in [0.1, 0.15) is 12.5 Å². The van der Waals surface area contributed by atoms with Crippen molar-refractivity contribution in [2.24, 2.45) is 0 Å². The van der Waals surface area contributed by atoms with E-state index in [0.29, 0.717) is 0 Å². The van der Waals surface area contributed by atoms with E-state index >= 15 is 0 Å². The van der Waals surface area contributed by atoms with Gasteiger partial charge in [-0.15, -0.1) is 0 Å². The summed E-state index contributed by atoms with van der Waals surface area (Å²) in [5.41, 5.74) is -0.117. The molecule has 0 saturated heterocycles. The highest BCUT2D eigenvalue weighted by Crippen LogP contribution is 2.16. The second kappa shape index (κ2) is 5.20. The Morgan fingerprint density at radius 2 is 2.25 bits per heavy atom. The number of carbonyl (C=O) groups excluding carboxylic acids is 1. The maximum absolute atomic E-state index is 13.3. The second-order valence-corrected chi connectivity index (χ2v) is 3.03. The van der Waals surface area contributed by atoms with Gasteiger partial charge in [-0.3, -0.25) is 4.79 Å². The van der Waals surface area contributed by atoms with Crippen LogP contribution in [-0.4, -0.2) is 22.7 Å². The lowest BCUT2D eigenvalue weighted by atomic mass is 10.1. The normalized spacial score (nSPS) is 9.88. The van der Waals surface area contributed by atoms with E-state index in [0.717, 1.165) is 6.07 Å². The predicted octanol–water partition coefficient (Wildman–Crippen LogP) is 1.73. The molecule has 1 aromatic carbocycles. The number of rotatable bonds is 4. The Balaban J connectivity index is 2.83. The predicted molar refractivity (Wildman–Crippen MR) is 51.8 cm³/mol. The van der Waals surface area contributed by atoms with Gasteiger partial charge in [0.2, 0.25) is 0 Å². The summed E-state index contributed by atoms with van der Waals surface area (Å²) in [6.07, 6.45) is -0.204. The van der Waals surface area contributed by atoms with Crippen LogP contribution in [0.5, 0.6) is 0 Å². The summed E-state index contributed by atoms with van der Waals surface area (Å²) in [7, 11) is 0. The Labute approximate surface area is 91.0 Å². The molecule has 5 nitrogen and oxygen atoms in total. The standard InChI is InChI=1S/C10H11FNO4/c1-2-16-10(13)5-7-3-4-8(12(14)15)6-9(7)11/h3-4,6H,2,5H2,1H3,(H,14,15)/q+1. The lowest BCUT2D eigenvalue weighted by molar-refractivity contribution is -0.729. The summed E-state index contributed by atoms with van der Waals surface area (Å²) in [6.45, 7) is 1.88. The molecule has 0 radical (unpaired) electrons. The zero-order chi connectivity index (χ0) is 12.1. The minimum absolute atomic E-state index is 0.115. The van der Waals surface area contributed by atoms with Crippen LogP contribution in [0, 0.1) is 10.7 Å². The first-order valence-electron chi connectivity index (χ1n) is 4.64. The Morgan fingerprint density at radius 3 is 2.75 bits per heavy atom. The quantitative estimate of drug-likeness (QED) is 0.629. The fourth-order valence-electron chi connectivity index (χ4n) is 1.17. The summed E-state index contributed by atoms with van der Waals surface area (Å²) in [5, 5.41) is 8.52.